The fraction of sp³-hybridized carbons (Fsp3) is 0.0667. The highest BCUT2D eigenvalue weighted by atomic mass is 35.5. The maximum atomic E-state index is 10.9. The Morgan fingerprint density at radius 2 is 1.68 bits per heavy atom. The van der Waals surface area contributed by atoms with Gasteiger partial charge in [-0.3, -0.25) is 0 Å². The average Bonchev–Trinajstić information content (AvgIpc) is 3.55. The molecule has 0 aliphatic carbocycles. The topological polar surface area (TPSA) is 77.5 Å². The highest BCUT2D eigenvalue weighted by Crippen LogP contribution is 2.31. The van der Waals surface area contributed by atoms with E-state index in [0.717, 1.165) is 40.3 Å². The van der Waals surface area contributed by atoms with Gasteiger partial charge in [-0.25, -0.2) is 9.78 Å². The quantitative estimate of drug-likeness (QED) is 0.211. The molecule has 6 nitrogen and oxygen atoms in total. The minimum absolute atomic E-state index is 0.123. The molecule has 0 radical (unpaired) electrons. The highest BCUT2D eigenvalue weighted by Gasteiger charge is 2.12. The van der Waals surface area contributed by atoms with Crippen molar-refractivity contribution in [2.24, 2.45) is 0 Å². The number of aromatic carboxylic acids is 1. The summed E-state index contributed by atoms with van der Waals surface area (Å²) in [6.45, 7) is 2.84. The molecular weight excluding hydrogens is 523 g/mol. The van der Waals surface area contributed by atoms with Gasteiger partial charge in [0.05, 0.1) is 10.7 Å². The molecule has 0 saturated carbocycles. The SMILES string of the molecule is CCn1cc(-c2ccc(Cl)cc2Cl)nc1C=Cc1ccc(-c2ccc(Oc3ccc(C(=O)O)o3)cc2)cc1. The van der Waals surface area contributed by atoms with Crippen molar-refractivity contribution in [1.82, 2.24) is 9.55 Å². The number of carboxylic acids is 1. The molecule has 38 heavy (non-hydrogen) atoms. The summed E-state index contributed by atoms with van der Waals surface area (Å²) >= 11 is 12.4. The molecule has 5 aromatic rings. The third-order valence-electron chi connectivity index (χ3n) is 5.89. The normalized spacial score (nSPS) is 11.2. The Labute approximate surface area is 229 Å². The fourth-order valence-corrected chi connectivity index (χ4v) is 4.43. The number of rotatable bonds is 8. The zero-order chi connectivity index (χ0) is 26.6. The van der Waals surface area contributed by atoms with Gasteiger partial charge in [0.2, 0.25) is 5.76 Å². The van der Waals surface area contributed by atoms with Crippen molar-refractivity contribution in [3.05, 3.63) is 112 Å². The Bertz CT molecular complexity index is 1620. The number of nitrogens with zero attached hydrogens (tertiary/aromatic N) is 2. The molecule has 0 bridgehead atoms. The lowest BCUT2D eigenvalue weighted by molar-refractivity contribution is 0.0657. The predicted octanol–water partition coefficient (Wildman–Crippen LogP) is 8.80. The van der Waals surface area contributed by atoms with E-state index in [2.05, 4.69) is 11.5 Å². The zero-order valence-electron chi connectivity index (χ0n) is 20.3. The first-order valence-corrected chi connectivity index (χ1v) is 12.6. The van der Waals surface area contributed by atoms with E-state index in [1.807, 2.05) is 60.8 Å². The second kappa shape index (κ2) is 11.0. The largest absolute Gasteiger partial charge is 0.475 e. The number of halogens is 2. The van der Waals surface area contributed by atoms with Crippen molar-refractivity contribution in [3.8, 4) is 34.1 Å². The molecule has 0 amide bonds. The molecule has 5 rings (SSSR count). The standard InChI is InChI=1S/C30H22Cl2N2O4/c1-2-34-18-26(24-13-10-22(31)17-25(24)32)33-28(34)15-5-19-3-6-20(7-4-19)21-8-11-23(12-9-21)37-29-16-14-27(38-29)30(35)36/h3-18H,2H2,1H3,(H,35,36). The Morgan fingerprint density at radius 1 is 0.974 bits per heavy atom. The number of imidazole rings is 1. The molecule has 0 spiro atoms. The number of carboxylic acid groups (broad SMARTS) is 1. The van der Waals surface area contributed by atoms with Crippen molar-refractivity contribution in [2.45, 2.75) is 13.5 Å². The van der Waals surface area contributed by atoms with Crippen LogP contribution in [0.5, 0.6) is 11.7 Å². The van der Waals surface area contributed by atoms with Crippen LogP contribution < -0.4 is 4.74 Å². The van der Waals surface area contributed by atoms with E-state index >= 15 is 0 Å². The van der Waals surface area contributed by atoms with Crippen LogP contribution in [0.3, 0.4) is 0 Å². The van der Waals surface area contributed by atoms with Crippen molar-refractivity contribution < 1.29 is 19.1 Å². The number of ether oxygens (including phenoxy) is 1. The van der Waals surface area contributed by atoms with Crippen molar-refractivity contribution >= 4 is 41.3 Å². The van der Waals surface area contributed by atoms with Gasteiger partial charge < -0.3 is 18.8 Å². The molecule has 0 unspecified atom stereocenters. The minimum Gasteiger partial charge on any atom is -0.475 e. The van der Waals surface area contributed by atoms with E-state index in [1.165, 1.54) is 12.1 Å². The van der Waals surface area contributed by atoms with Crippen molar-refractivity contribution in [3.63, 3.8) is 0 Å². The average molecular weight is 545 g/mol. The Kier molecular flexibility index (Phi) is 7.36. The maximum absolute atomic E-state index is 10.9. The molecule has 0 fully saturated rings. The van der Waals surface area contributed by atoms with Crippen molar-refractivity contribution in [2.75, 3.05) is 0 Å². The van der Waals surface area contributed by atoms with E-state index in [-0.39, 0.29) is 11.7 Å². The third kappa shape index (κ3) is 5.67. The smallest absolute Gasteiger partial charge is 0.371 e. The summed E-state index contributed by atoms with van der Waals surface area (Å²) in [4.78, 5) is 15.7. The van der Waals surface area contributed by atoms with Crippen LogP contribution in [0.15, 0.2) is 89.5 Å². The van der Waals surface area contributed by atoms with Crippen LogP contribution in [0.25, 0.3) is 34.5 Å². The molecule has 0 aliphatic rings. The van der Waals surface area contributed by atoms with Gasteiger partial charge in [-0.05, 0) is 66.1 Å². The number of hydrogen-bond acceptors (Lipinski definition) is 4. The van der Waals surface area contributed by atoms with Crippen LogP contribution in [0.4, 0.5) is 0 Å². The molecule has 0 aliphatic heterocycles. The number of hydrogen-bond donors (Lipinski definition) is 1. The van der Waals surface area contributed by atoms with Crippen LogP contribution in [-0.2, 0) is 6.54 Å². The van der Waals surface area contributed by atoms with Crippen LogP contribution >= 0.6 is 23.2 Å². The highest BCUT2D eigenvalue weighted by molar-refractivity contribution is 6.36. The summed E-state index contributed by atoms with van der Waals surface area (Å²) < 4.78 is 12.8. The summed E-state index contributed by atoms with van der Waals surface area (Å²) in [5, 5.41) is 10.1. The maximum Gasteiger partial charge on any atom is 0.371 e. The molecule has 190 valence electrons. The van der Waals surface area contributed by atoms with E-state index in [1.54, 1.807) is 24.3 Å². The van der Waals surface area contributed by atoms with E-state index in [0.29, 0.717) is 15.8 Å². The second-order valence-electron chi connectivity index (χ2n) is 8.40. The van der Waals surface area contributed by atoms with Crippen LogP contribution in [-0.4, -0.2) is 20.6 Å². The molecule has 2 aromatic heterocycles. The Hall–Kier alpha value is -4.26. The summed E-state index contributed by atoms with van der Waals surface area (Å²) in [6, 6.07) is 23.9. The minimum atomic E-state index is -1.14. The van der Waals surface area contributed by atoms with Crippen LogP contribution in [0.2, 0.25) is 10.0 Å². The Balaban J connectivity index is 1.28. The first kappa shape index (κ1) is 25.4. The lowest BCUT2D eigenvalue weighted by Gasteiger charge is -2.05. The first-order chi connectivity index (χ1) is 18.4. The summed E-state index contributed by atoms with van der Waals surface area (Å²) in [6.07, 6.45) is 6.00. The van der Waals surface area contributed by atoms with Gasteiger partial charge in [0.25, 0.3) is 5.95 Å². The second-order valence-corrected chi connectivity index (χ2v) is 9.24. The lowest BCUT2D eigenvalue weighted by Crippen LogP contribution is -1.94. The van der Waals surface area contributed by atoms with Crippen molar-refractivity contribution in [1.29, 1.82) is 0 Å². The summed E-state index contributed by atoms with van der Waals surface area (Å²) in [5.74, 6) is 0.191. The molecule has 8 heteroatoms. The van der Waals surface area contributed by atoms with E-state index in [9.17, 15) is 4.79 Å². The Morgan fingerprint density at radius 3 is 2.32 bits per heavy atom. The molecule has 0 atom stereocenters. The lowest BCUT2D eigenvalue weighted by atomic mass is 10.0. The van der Waals surface area contributed by atoms with Gasteiger partial charge in [0.1, 0.15) is 11.6 Å². The van der Waals surface area contributed by atoms with Gasteiger partial charge >= 0.3 is 5.97 Å². The number of aryl methyl sites for hydroxylation is 1. The van der Waals surface area contributed by atoms with Gasteiger partial charge in [-0.15, -0.1) is 0 Å². The third-order valence-corrected chi connectivity index (χ3v) is 6.44. The molecule has 3 aromatic carbocycles. The number of furan rings is 1. The number of aromatic nitrogens is 2. The molecular formula is C30H22Cl2N2O4. The monoisotopic (exact) mass is 544 g/mol. The van der Waals surface area contributed by atoms with Gasteiger partial charge in [-0.2, -0.15) is 0 Å². The number of benzene rings is 3. The summed E-state index contributed by atoms with van der Waals surface area (Å²) in [7, 11) is 0. The summed E-state index contributed by atoms with van der Waals surface area (Å²) in [5.41, 5.74) is 4.75. The van der Waals surface area contributed by atoms with Gasteiger partial charge in [0, 0.05) is 29.4 Å². The van der Waals surface area contributed by atoms with Crippen LogP contribution in [0.1, 0.15) is 28.9 Å². The zero-order valence-corrected chi connectivity index (χ0v) is 21.8. The number of carbonyl (C=O) groups is 1. The van der Waals surface area contributed by atoms with E-state index in [4.69, 9.17) is 42.4 Å². The van der Waals surface area contributed by atoms with Gasteiger partial charge in [-0.1, -0.05) is 65.7 Å². The van der Waals surface area contributed by atoms with Crippen LogP contribution in [0, 0.1) is 0 Å². The molecule has 0 saturated heterocycles. The molecule has 1 N–H and O–H groups in total. The first-order valence-electron chi connectivity index (χ1n) is 11.8. The predicted molar refractivity (Wildman–Crippen MR) is 150 cm³/mol. The fourth-order valence-electron chi connectivity index (χ4n) is 3.92. The van der Waals surface area contributed by atoms with Gasteiger partial charge in [0.15, 0.2) is 0 Å². The molecule has 2 heterocycles. The van der Waals surface area contributed by atoms with E-state index < -0.39 is 5.97 Å².